The number of unbranched alkanes of at least 4 members (excludes halogenated alkanes) is 9. The summed E-state index contributed by atoms with van der Waals surface area (Å²) in [6, 6.07) is 9.57. The molecule has 2 N–H and O–H groups in total. The predicted octanol–water partition coefficient (Wildman–Crippen LogP) is 4.48. The van der Waals surface area contributed by atoms with Crippen LogP contribution in [0.3, 0.4) is 0 Å². The minimum atomic E-state index is -1.14. The SMILES string of the molecule is CCCCCCCCCCCCO[C@@H]1O[C@@H]2COC(c3ccccc3)O[C@@H]2[C@H](O)[C@H]1O. The van der Waals surface area contributed by atoms with Crippen LogP contribution in [0.15, 0.2) is 30.3 Å². The van der Waals surface area contributed by atoms with Crippen molar-refractivity contribution in [3.05, 3.63) is 35.9 Å². The predicted molar refractivity (Wildman–Crippen MR) is 118 cm³/mol. The molecule has 1 aromatic carbocycles. The maximum Gasteiger partial charge on any atom is 0.186 e. The first kappa shape index (κ1) is 24.6. The molecule has 176 valence electrons. The molecule has 0 radical (unpaired) electrons. The Balaban J connectivity index is 1.31. The van der Waals surface area contributed by atoms with Gasteiger partial charge in [-0.1, -0.05) is 95.0 Å². The van der Waals surface area contributed by atoms with Crippen LogP contribution in [0.1, 0.15) is 83.0 Å². The molecule has 2 aliphatic heterocycles. The highest BCUT2D eigenvalue weighted by atomic mass is 16.8. The molecule has 0 aromatic heterocycles. The summed E-state index contributed by atoms with van der Waals surface area (Å²) >= 11 is 0. The first-order valence-electron chi connectivity index (χ1n) is 12.2. The number of ether oxygens (including phenoxy) is 4. The van der Waals surface area contributed by atoms with Gasteiger partial charge in [-0.05, 0) is 6.42 Å². The van der Waals surface area contributed by atoms with E-state index in [0.717, 1.165) is 18.4 Å². The lowest BCUT2D eigenvalue weighted by Gasteiger charge is -2.46. The highest BCUT2D eigenvalue weighted by molar-refractivity contribution is 5.16. The van der Waals surface area contributed by atoms with Crippen LogP contribution < -0.4 is 0 Å². The van der Waals surface area contributed by atoms with Gasteiger partial charge in [0.1, 0.15) is 24.4 Å². The molecule has 31 heavy (non-hydrogen) atoms. The summed E-state index contributed by atoms with van der Waals surface area (Å²) in [7, 11) is 0. The van der Waals surface area contributed by atoms with Crippen LogP contribution in [0, 0.1) is 0 Å². The zero-order chi connectivity index (χ0) is 21.9. The van der Waals surface area contributed by atoms with Crippen molar-refractivity contribution in [1.82, 2.24) is 0 Å². The van der Waals surface area contributed by atoms with Gasteiger partial charge in [0.25, 0.3) is 0 Å². The van der Waals surface area contributed by atoms with Crippen LogP contribution in [-0.2, 0) is 18.9 Å². The van der Waals surface area contributed by atoms with Crippen molar-refractivity contribution < 1.29 is 29.2 Å². The van der Waals surface area contributed by atoms with Crippen molar-refractivity contribution in [3.8, 4) is 0 Å². The van der Waals surface area contributed by atoms with E-state index in [2.05, 4.69) is 6.92 Å². The molecule has 0 saturated carbocycles. The van der Waals surface area contributed by atoms with E-state index < -0.39 is 37.0 Å². The monoisotopic (exact) mass is 436 g/mol. The van der Waals surface area contributed by atoms with Crippen molar-refractivity contribution in [3.63, 3.8) is 0 Å². The fourth-order valence-electron chi connectivity index (χ4n) is 4.28. The fourth-order valence-corrected chi connectivity index (χ4v) is 4.28. The summed E-state index contributed by atoms with van der Waals surface area (Å²) in [5, 5.41) is 21.1. The average molecular weight is 437 g/mol. The molecule has 1 unspecified atom stereocenters. The highest BCUT2D eigenvalue weighted by Crippen LogP contribution is 2.34. The molecule has 2 heterocycles. The van der Waals surface area contributed by atoms with Crippen molar-refractivity contribution in [2.24, 2.45) is 0 Å². The Morgan fingerprint density at radius 1 is 0.839 bits per heavy atom. The van der Waals surface area contributed by atoms with Gasteiger partial charge in [0.05, 0.1) is 6.61 Å². The van der Waals surface area contributed by atoms with Gasteiger partial charge in [0.2, 0.25) is 0 Å². The van der Waals surface area contributed by atoms with E-state index in [9.17, 15) is 10.2 Å². The third kappa shape index (κ3) is 7.52. The Hall–Kier alpha value is -1.02. The Bertz CT molecular complexity index is 595. The summed E-state index contributed by atoms with van der Waals surface area (Å²) in [5.74, 6) is 0. The molecule has 6 heteroatoms. The number of aliphatic hydroxyl groups excluding tert-OH is 2. The molecule has 0 aliphatic carbocycles. The molecule has 0 spiro atoms. The molecular formula is C25H40O6. The molecule has 2 aliphatic rings. The molecule has 0 amide bonds. The van der Waals surface area contributed by atoms with Crippen LogP contribution in [0.2, 0.25) is 0 Å². The van der Waals surface area contributed by atoms with Gasteiger partial charge in [-0.3, -0.25) is 0 Å². The molecular weight excluding hydrogens is 396 g/mol. The van der Waals surface area contributed by atoms with Crippen molar-refractivity contribution in [1.29, 1.82) is 0 Å². The Kier molecular flexibility index (Phi) is 10.7. The van der Waals surface area contributed by atoms with Crippen LogP contribution in [0.4, 0.5) is 0 Å². The fraction of sp³-hybridized carbons (Fsp3) is 0.760. The largest absolute Gasteiger partial charge is 0.387 e. The normalized spacial score (nSPS) is 30.8. The topological polar surface area (TPSA) is 77.4 Å². The molecule has 6 nitrogen and oxygen atoms in total. The Morgan fingerprint density at radius 3 is 2.16 bits per heavy atom. The van der Waals surface area contributed by atoms with E-state index in [1.807, 2.05) is 30.3 Å². The van der Waals surface area contributed by atoms with Gasteiger partial charge >= 0.3 is 0 Å². The van der Waals surface area contributed by atoms with E-state index in [1.54, 1.807) is 0 Å². The lowest BCUT2D eigenvalue weighted by Crippen LogP contribution is -2.62. The maximum atomic E-state index is 10.6. The summed E-state index contributed by atoms with van der Waals surface area (Å²) in [6.45, 7) is 3.04. The second-order valence-corrected chi connectivity index (χ2v) is 8.75. The molecule has 2 fully saturated rings. The number of benzene rings is 1. The van der Waals surface area contributed by atoms with Crippen LogP contribution in [-0.4, -0.2) is 54.1 Å². The molecule has 3 rings (SSSR count). The van der Waals surface area contributed by atoms with Gasteiger partial charge in [-0.25, -0.2) is 0 Å². The van der Waals surface area contributed by atoms with Gasteiger partial charge in [0.15, 0.2) is 12.6 Å². The molecule has 6 atom stereocenters. The molecule has 0 bridgehead atoms. The van der Waals surface area contributed by atoms with Crippen molar-refractivity contribution in [2.75, 3.05) is 13.2 Å². The Morgan fingerprint density at radius 2 is 1.48 bits per heavy atom. The lowest BCUT2D eigenvalue weighted by atomic mass is 9.98. The second kappa shape index (κ2) is 13.5. The smallest absolute Gasteiger partial charge is 0.186 e. The standard InChI is InChI=1S/C25H40O6/c1-2-3-4-5-6-7-8-9-10-14-17-28-25-22(27)21(26)23-20(30-25)18-29-24(31-23)19-15-12-11-13-16-19/h11-13,15-16,20-27H,2-10,14,17-18H2,1H3/t20-,21-,22-,23+,24?,25-/m1/s1. The number of hydrogen-bond acceptors (Lipinski definition) is 6. The highest BCUT2D eigenvalue weighted by Gasteiger charge is 2.49. The number of aliphatic hydroxyl groups is 2. The van der Waals surface area contributed by atoms with Crippen LogP contribution >= 0.6 is 0 Å². The Labute approximate surface area is 186 Å². The third-order valence-electron chi connectivity index (χ3n) is 6.19. The summed E-state index contributed by atoms with van der Waals surface area (Å²) in [4.78, 5) is 0. The van der Waals surface area contributed by atoms with E-state index >= 15 is 0 Å². The van der Waals surface area contributed by atoms with Gasteiger partial charge in [-0.15, -0.1) is 0 Å². The van der Waals surface area contributed by atoms with Gasteiger partial charge in [0, 0.05) is 12.2 Å². The van der Waals surface area contributed by atoms with E-state index in [-0.39, 0.29) is 6.61 Å². The number of fused-ring (bicyclic) bond motifs is 1. The minimum absolute atomic E-state index is 0.284. The van der Waals surface area contributed by atoms with Crippen LogP contribution in [0.5, 0.6) is 0 Å². The van der Waals surface area contributed by atoms with E-state index in [1.165, 1.54) is 51.4 Å². The van der Waals surface area contributed by atoms with E-state index in [4.69, 9.17) is 18.9 Å². The van der Waals surface area contributed by atoms with Crippen LogP contribution in [0.25, 0.3) is 0 Å². The van der Waals surface area contributed by atoms with E-state index in [0.29, 0.717) is 6.61 Å². The molecule has 1 aromatic rings. The third-order valence-corrected chi connectivity index (χ3v) is 6.19. The minimum Gasteiger partial charge on any atom is -0.387 e. The summed E-state index contributed by atoms with van der Waals surface area (Å²) in [6.07, 6.45) is 7.80. The van der Waals surface area contributed by atoms with Gasteiger partial charge < -0.3 is 29.2 Å². The maximum absolute atomic E-state index is 10.6. The first-order chi connectivity index (χ1) is 15.2. The second-order valence-electron chi connectivity index (χ2n) is 8.75. The zero-order valence-electron chi connectivity index (χ0n) is 18.9. The first-order valence-corrected chi connectivity index (χ1v) is 12.2. The number of hydrogen-bond donors (Lipinski definition) is 2. The lowest BCUT2D eigenvalue weighted by molar-refractivity contribution is -0.361. The molecule has 2 saturated heterocycles. The van der Waals surface area contributed by atoms with Gasteiger partial charge in [-0.2, -0.15) is 0 Å². The van der Waals surface area contributed by atoms with Crippen molar-refractivity contribution >= 4 is 0 Å². The zero-order valence-corrected chi connectivity index (χ0v) is 18.9. The average Bonchev–Trinajstić information content (AvgIpc) is 2.81. The van der Waals surface area contributed by atoms with Crippen molar-refractivity contribution in [2.45, 2.75) is 108 Å². The quantitative estimate of drug-likeness (QED) is 0.444. The summed E-state index contributed by atoms with van der Waals surface area (Å²) < 4.78 is 23.3. The summed E-state index contributed by atoms with van der Waals surface area (Å²) in [5.41, 5.74) is 0.877. The number of rotatable bonds is 13.